The van der Waals surface area contributed by atoms with Crippen LogP contribution in [0.1, 0.15) is 32.7 Å². The molecule has 0 spiro atoms. The zero-order valence-electron chi connectivity index (χ0n) is 12.7. The number of aromatic nitrogens is 2. The third-order valence-corrected chi connectivity index (χ3v) is 3.88. The highest BCUT2D eigenvalue weighted by Crippen LogP contribution is 2.14. The largest absolute Gasteiger partial charge is 0.360 e. The highest BCUT2D eigenvalue weighted by atomic mass is 16.1. The maximum atomic E-state index is 12.6. The number of carbonyl (C=O) groups excluding carboxylic acids is 1. The van der Waals surface area contributed by atoms with Crippen LogP contribution in [0.2, 0.25) is 0 Å². The van der Waals surface area contributed by atoms with Gasteiger partial charge in [-0.05, 0) is 44.5 Å². The average molecular weight is 292 g/mol. The lowest BCUT2D eigenvalue weighted by molar-refractivity contribution is 0.103. The maximum absolute atomic E-state index is 12.6. The summed E-state index contributed by atoms with van der Waals surface area (Å²) in [6.45, 7) is 5.70. The van der Waals surface area contributed by atoms with Crippen LogP contribution in [0.4, 0.5) is 0 Å². The van der Waals surface area contributed by atoms with Crippen molar-refractivity contribution in [2.24, 2.45) is 0 Å². The van der Waals surface area contributed by atoms with Crippen molar-refractivity contribution in [1.82, 2.24) is 9.97 Å². The summed E-state index contributed by atoms with van der Waals surface area (Å²) in [4.78, 5) is 32.4. The van der Waals surface area contributed by atoms with E-state index >= 15 is 0 Å². The van der Waals surface area contributed by atoms with E-state index in [1.807, 2.05) is 32.9 Å². The molecule has 0 amide bonds. The van der Waals surface area contributed by atoms with Crippen LogP contribution in [0.3, 0.4) is 0 Å². The van der Waals surface area contributed by atoms with E-state index in [0.29, 0.717) is 10.9 Å². The summed E-state index contributed by atoms with van der Waals surface area (Å²) >= 11 is 0. The lowest BCUT2D eigenvalue weighted by Crippen LogP contribution is -2.17. The monoisotopic (exact) mass is 292 g/mol. The van der Waals surface area contributed by atoms with E-state index in [1.165, 1.54) is 12.4 Å². The molecule has 0 radical (unpaired) electrons. The van der Waals surface area contributed by atoms with Crippen molar-refractivity contribution in [3.05, 3.63) is 74.8 Å². The summed E-state index contributed by atoms with van der Waals surface area (Å²) in [5, 5.41) is 0.530. The number of hydrogen-bond donors (Lipinski definition) is 1. The number of rotatable bonds is 2. The molecule has 110 valence electrons. The van der Waals surface area contributed by atoms with E-state index in [9.17, 15) is 9.59 Å². The Morgan fingerprint density at radius 3 is 2.64 bits per heavy atom. The van der Waals surface area contributed by atoms with Gasteiger partial charge in [-0.3, -0.25) is 14.6 Å². The molecule has 1 N–H and O–H groups in total. The van der Waals surface area contributed by atoms with Crippen LogP contribution in [-0.4, -0.2) is 15.8 Å². The van der Waals surface area contributed by atoms with Gasteiger partial charge in [-0.2, -0.15) is 0 Å². The molecule has 0 aliphatic carbocycles. The molecular weight excluding hydrogens is 276 g/mol. The van der Waals surface area contributed by atoms with Gasteiger partial charge in [-0.1, -0.05) is 11.6 Å². The van der Waals surface area contributed by atoms with Crippen molar-refractivity contribution in [3.63, 3.8) is 0 Å². The first-order valence-electron chi connectivity index (χ1n) is 7.07. The number of hydrogen-bond acceptors (Lipinski definition) is 3. The summed E-state index contributed by atoms with van der Waals surface area (Å²) < 4.78 is 0. The van der Waals surface area contributed by atoms with Gasteiger partial charge in [0.05, 0.1) is 5.56 Å². The lowest BCUT2D eigenvalue weighted by atomic mass is 10.0. The third kappa shape index (κ3) is 2.33. The summed E-state index contributed by atoms with van der Waals surface area (Å²) in [5.41, 5.74) is 3.84. The number of ketones is 1. The molecule has 0 fully saturated rings. The van der Waals surface area contributed by atoms with Gasteiger partial charge in [0.25, 0.3) is 0 Å². The number of pyridine rings is 2. The van der Waals surface area contributed by atoms with Crippen LogP contribution in [-0.2, 0) is 0 Å². The SMILES string of the molecule is Cc1ccc2[nH]cc(C(=O)c3cnc(C)c(C)c3)c(=O)c2c1. The Balaban J connectivity index is 2.17. The minimum Gasteiger partial charge on any atom is -0.360 e. The summed E-state index contributed by atoms with van der Waals surface area (Å²) in [5.74, 6) is -0.305. The molecule has 2 aromatic heterocycles. The fourth-order valence-electron chi connectivity index (χ4n) is 2.42. The van der Waals surface area contributed by atoms with Crippen LogP contribution in [0, 0.1) is 20.8 Å². The first-order valence-corrected chi connectivity index (χ1v) is 7.07. The molecule has 3 rings (SSSR count). The minimum atomic E-state index is -0.305. The van der Waals surface area contributed by atoms with Gasteiger partial charge in [0.1, 0.15) is 0 Å². The van der Waals surface area contributed by atoms with Gasteiger partial charge in [0.2, 0.25) is 5.43 Å². The number of aromatic amines is 1. The second kappa shape index (κ2) is 5.22. The predicted octanol–water partition coefficient (Wildman–Crippen LogP) is 3.08. The van der Waals surface area contributed by atoms with E-state index in [0.717, 1.165) is 22.3 Å². The Kier molecular flexibility index (Phi) is 3.37. The molecule has 2 heterocycles. The molecule has 0 aliphatic heterocycles. The van der Waals surface area contributed by atoms with Crippen molar-refractivity contribution in [2.45, 2.75) is 20.8 Å². The smallest absolute Gasteiger partial charge is 0.200 e. The maximum Gasteiger partial charge on any atom is 0.200 e. The molecule has 3 aromatic rings. The van der Waals surface area contributed by atoms with E-state index in [-0.39, 0.29) is 16.8 Å². The normalized spacial score (nSPS) is 10.9. The standard InChI is InChI=1S/C18H16N2O2/c1-10-4-5-16-14(6-10)18(22)15(9-20-16)17(21)13-7-11(2)12(3)19-8-13/h4-9H,1-3H3,(H,20,22). The van der Waals surface area contributed by atoms with Crippen molar-refractivity contribution < 1.29 is 4.79 Å². The van der Waals surface area contributed by atoms with Gasteiger partial charge in [-0.15, -0.1) is 0 Å². The molecule has 22 heavy (non-hydrogen) atoms. The molecule has 4 nitrogen and oxygen atoms in total. The van der Waals surface area contributed by atoms with Crippen LogP contribution in [0.5, 0.6) is 0 Å². The topological polar surface area (TPSA) is 62.8 Å². The molecule has 0 saturated heterocycles. The van der Waals surface area contributed by atoms with E-state index in [1.54, 1.807) is 12.1 Å². The Morgan fingerprint density at radius 1 is 1.14 bits per heavy atom. The number of carbonyl (C=O) groups is 1. The fourth-order valence-corrected chi connectivity index (χ4v) is 2.42. The minimum absolute atomic E-state index is 0.142. The van der Waals surface area contributed by atoms with Crippen LogP contribution >= 0.6 is 0 Å². The van der Waals surface area contributed by atoms with E-state index < -0.39 is 0 Å². The molecule has 0 saturated carbocycles. The zero-order chi connectivity index (χ0) is 15.9. The first kappa shape index (κ1) is 14.2. The Labute approximate surface area is 127 Å². The molecule has 4 heteroatoms. The molecule has 0 bridgehead atoms. The first-order chi connectivity index (χ1) is 10.5. The third-order valence-electron chi connectivity index (χ3n) is 3.88. The van der Waals surface area contributed by atoms with Gasteiger partial charge in [0.15, 0.2) is 5.78 Å². The van der Waals surface area contributed by atoms with Crippen molar-refractivity contribution in [2.75, 3.05) is 0 Å². The number of H-pyrrole nitrogens is 1. The zero-order valence-corrected chi connectivity index (χ0v) is 12.7. The Bertz CT molecular complexity index is 955. The van der Waals surface area contributed by atoms with Crippen molar-refractivity contribution in [1.29, 1.82) is 0 Å². The van der Waals surface area contributed by atoms with Crippen molar-refractivity contribution >= 4 is 16.7 Å². The molecular formula is C18H16N2O2. The van der Waals surface area contributed by atoms with E-state index in [4.69, 9.17) is 0 Å². The number of benzene rings is 1. The lowest BCUT2D eigenvalue weighted by Gasteiger charge is -2.05. The molecule has 0 aliphatic rings. The van der Waals surface area contributed by atoms with Gasteiger partial charge in [0, 0.05) is 34.6 Å². The number of nitrogens with one attached hydrogen (secondary N) is 1. The highest BCUT2D eigenvalue weighted by molar-refractivity contribution is 6.10. The second-order valence-electron chi connectivity index (χ2n) is 5.54. The molecule has 1 aromatic carbocycles. The molecule has 0 unspecified atom stereocenters. The summed E-state index contributed by atoms with van der Waals surface area (Å²) in [6, 6.07) is 7.33. The number of nitrogens with zero attached hydrogens (tertiary/aromatic N) is 1. The Hall–Kier alpha value is -2.75. The average Bonchev–Trinajstić information content (AvgIpc) is 2.50. The van der Waals surface area contributed by atoms with Crippen LogP contribution < -0.4 is 5.43 Å². The number of aryl methyl sites for hydroxylation is 3. The fraction of sp³-hybridized carbons (Fsp3) is 0.167. The quantitative estimate of drug-likeness (QED) is 0.738. The van der Waals surface area contributed by atoms with Gasteiger partial charge < -0.3 is 4.98 Å². The molecule has 0 atom stereocenters. The van der Waals surface area contributed by atoms with E-state index in [2.05, 4.69) is 9.97 Å². The highest BCUT2D eigenvalue weighted by Gasteiger charge is 2.16. The second-order valence-corrected chi connectivity index (χ2v) is 5.54. The number of fused-ring (bicyclic) bond motifs is 1. The van der Waals surface area contributed by atoms with Crippen LogP contribution in [0.15, 0.2) is 41.5 Å². The van der Waals surface area contributed by atoms with Crippen molar-refractivity contribution in [3.8, 4) is 0 Å². The van der Waals surface area contributed by atoms with Crippen LogP contribution in [0.25, 0.3) is 10.9 Å². The summed E-state index contributed by atoms with van der Waals surface area (Å²) in [7, 11) is 0. The predicted molar refractivity (Wildman–Crippen MR) is 86.4 cm³/mol. The Morgan fingerprint density at radius 2 is 1.91 bits per heavy atom. The van der Waals surface area contributed by atoms with Gasteiger partial charge in [-0.25, -0.2) is 0 Å². The van der Waals surface area contributed by atoms with Gasteiger partial charge >= 0.3 is 0 Å². The summed E-state index contributed by atoms with van der Waals surface area (Å²) in [6.07, 6.45) is 3.00.